The lowest BCUT2D eigenvalue weighted by molar-refractivity contribution is 0.771. The number of halogens is 1. The molecule has 0 fully saturated rings. The molecule has 2 aromatic heterocycles. The van der Waals surface area contributed by atoms with E-state index in [1.54, 1.807) is 6.07 Å². The summed E-state index contributed by atoms with van der Waals surface area (Å²) in [5.41, 5.74) is 1.32. The van der Waals surface area contributed by atoms with Crippen LogP contribution in [0.15, 0.2) is 53.6 Å². The summed E-state index contributed by atoms with van der Waals surface area (Å²) in [5.74, 6) is 1.38. The van der Waals surface area contributed by atoms with Crippen molar-refractivity contribution in [3.05, 3.63) is 70.0 Å². The zero-order chi connectivity index (χ0) is 18.1. The Morgan fingerprint density at radius 2 is 1.92 bits per heavy atom. The first-order chi connectivity index (χ1) is 12.7. The molecule has 2 aromatic carbocycles. The minimum Gasteiger partial charge on any atom is -0.349 e. The zero-order valence-corrected chi connectivity index (χ0v) is 14.9. The van der Waals surface area contributed by atoms with Gasteiger partial charge in [-0.3, -0.25) is 4.79 Å². The van der Waals surface area contributed by atoms with Crippen molar-refractivity contribution in [3.8, 4) is 0 Å². The Kier molecular flexibility index (Phi) is 4.26. The molecular formula is C19H16ClN5O. The van der Waals surface area contributed by atoms with Crippen molar-refractivity contribution >= 4 is 39.2 Å². The van der Waals surface area contributed by atoms with Gasteiger partial charge in [-0.05, 0) is 37.3 Å². The van der Waals surface area contributed by atoms with Gasteiger partial charge in [0.15, 0.2) is 0 Å². The fourth-order valence-electron chi connectivity index (χ4n) is 2.99. The average molecular weight is 366 g/mol. The molecule has 0 bridgehead atoms. The normalized spacial score (nSPS) is 11.2. The van der Waals surface area contributed by atoms with Gasteiger partial charge in [0.25, 0.3) is 5.56 Å². The van der Waals surface area contributed by atoms with Crippen molar-refractivity contribution in [2.75, 3.05) is 11.4 Å². The fraction of sp³-hybridized carbons (Fsp3) is 0.158. The maximum absolute atomic E-state index is 12.3. The molecule has 6 nitrogen and oxygen atoms in total. The summed E-state index contributed by atoms with van der Waals surface area (Å²) >= 11 is 6.06. The standard InChI is InChI=1S/C19H16ClN5O/c1-2-25(18-13-8-7-12(20)9-16(13)21-11-22-18)10-17-23-15-6-4-3-5-14(15)19(26)24-17/h3-9,11H,2,10H2,1H3,(H,23,24,26). The van der Waals surface area contributed by atoms with E-state index in [1.165, 1.54) is 6.33 Å². The number of para-hydroxylation sites is 1. The van der Waals surface area contributed by atoms with Crippen LogP contribution in [0.4, 0.5) is 5.82 Å². The van der Waals surface area contributed by atoms with E-state index in [0.29, 0.717) is 34.8 Å². The third-order valence-corrected chi connectivity index (χ3v) is 4.50. The van der Waals surface area contributed by atoms with Crippen molar-refractivity contribution in [1.82, 2.24) is 19.9 Å². The number of aromatic nitrogens is 4. The molecule has 0 aliphatic carbocycles. The second-order valence-electron chi connectivity index (χ2n) is 5.90. The van der Waals surface area contributed by atoms with Crippen molar-refractivity contribution < 1.29 is 0 Å². The van der Waals surface area contributed by atoms with Gasteiger partial charge in [-0.25, -0.2) is 15.0 Å². The molecule has 4 aromatic rings. The predicted octanol–water partition coefficient (Wildman–Crippen LogP) is 3.55. The summed E-state index contributed by atoms with van der Waals surface area (Å²) in [6.45, 7) is 3.17. The monoisotopic (exact) mass is 365 g/mol. The predicted molar refractivity (Wildman–Crippen MR) is 104 cm³/mol. The van der Waals surface area contributed by atoms with Crippen molar-refractivity contribution in [1.29, 1.82) is 0 Å². The van der Waals surface area contributed by atoms with E-state index in [1.807, 2.05) is 48.2 Å². The van der Waals surface area contributed by atoms with Crippen LogP contribution in [-0.4, -0.2) is 26.5 Å². The fourth-order valence-corrected chi connectivity index (χ4v) is 3.16. The van der Waals surface area contributed by atoms with Gasteiger partial charge in [-0.2, -0.15) is 0 Å². The van der Waals surface area contributed by atoms with E-state index in [4.69, 9.17) is 11.6 Å². The quantitative estimate of drug-likeness (QED) is 0.598. The molecule has 2 heterocycles. The van der Waals surface area contributed by atoms with E-state index >= 15 is 0 Å². The van der Waals surface area contributed by atoms with Gasteiger partial charge < -0.3 is 9.88 Å². The zero-order valence-electron chi connectivity index (χ0n) is 14.1. The van der Waals surface area contributed by atoms with Crippen LogP contribution in [0.5, 0.6) is 0 Å². The van der Waals surface area contributed by atoms with Crippen LogP contribution in [0, 0.1) is 0 Å². The van der Waals surface area contributed by atoms with Crippen LogP contribution in [0.2, 0.25) is 5.02 Å². The van der Waals surface area contributed by atoms with Crippen LogP contribution >= 0.6 is 11.6 Å². The summed E-state index contributed by atoms with van der Waals surface area (Å²) < 4.78 is 0. The highest BCUT2D eigenvalue weighted by Gasteiger charge is 2.14. The number of benzene rings is 2. The van der Waals surface area contributed by atoms with Crippen LogP contribution < -0.4 is 10.5 Å². The Morgan fingerprint density at radius 1 is 1.08 bits per heavy atom. The van der Waals surface area contributed by atoms with Gasteiger partial charge in [-0.15, -0.1) is 0 Å². The second kappa shape index (κ2) is 6.72. The van der Waals surface area contributed by atoms with Gasteiger partial charge in [-0.1, -0.05) is 23.7 Å². The summed E-state index contributed by atoms with van der Waals surface area (Å²) in [6.07, 6.45) is 1.52. The van der Waals surface area contributed by atoms with Crippen LogP contribution in [0.3, 0.4) is 0 Å². The SMILES string of the molecule is CCN(Cc1nc2ccccc2c(=O)[nH]1)c1ncnc2cc(Cl)ccc12. The van der Waals surface area contributed by atoms with Crippen molar-refractivity contribution in [2.45, 2.75) is 13.5 Å². The highest BCUT2D eigenvalue weighted by Crippen LogP contribution is 2.26. The molecule has 0 saturated carbocycles. The second-order valence-corrected chi connectivity index (χ2v) is 6.34. The molecule has 7 heteroatoms. The maximum atomic E-state index is 12.3. The Hall–Kier alpha value is -2.99. The molecule has 0 aliphatic heterocycles. The highest BCUT2D eigenvalue weighted by molar-refractivity contribution is 6.31. The minimum absolute atomic E-state index is 0.138. The number of fused-ring (bicyclic) bond motifs is 2. The lowest BCUT2D eigenvalue weighted by Gasteiger charge is -2.22. The van der Waals surface area contributed by atoms with E-state index in [-0.39, 0.29) is 5.56 Å². The van der Waals surface area contributed by atoms with Crippen LogP contribution in [0.1, 0.15) is 12.7 Å². The Balaban J connectivity index is 1.76. The largest absolute Gasteiger partial charge is 0.349 e. The number of hydrogen-bond donors (Lipinski definition) is 1. The molecule has 26 heavy (non-hydrogen) atoms. The Morgan fingerprint density at radius 3 is 2.77 bits per heavy atom. The minimum atomic E-state index is -0.138. The van der Waals surface area contributed by atoms with Crippen molar-refractivity contribution in [2.24, 2.45) is 0 Å². The molecule has 0 radical (unpaired) electrons. The van der Waals surface area contributed by atoms with E-state index in [9.17, 15) is 4.79 Å². The molecule has 4 rings (SSSR count). The first kappa shape index (κ1) is 16.5. The molecule has 130 valence electrons. The van der Waals surface area contributed by atoms with E-state index < -0.39 is 0 Å². The topological polar surface area (TPSA) is 74.8 Å². The van der Waals surface area contributed by atoms with Crippen LogP contribution in [0.25, 0.3) is 21.8 Å². The number of nitrogens with zero attached hydrogens (tertiary/aromatic N) is 4. The maximum Gasteiger partial charge on any atom is 0.258 e. The summed E-state index contributed by atoms with van der Waals surface area (Å²) in [5, 5.41) is 2.12. The molecule has 0 saturated heterocycles. The molecule has 0 spiro atoms. The number of anilines is 1. The number of aromatic amines is 1. The summed E-state index contributed by atoms with van der Waals surface area (Å²) in [4.78, 5) is 30.5. The molecule has 1 N–H and O–H groups in total. The Bertz CT molecular complexity index is 1160. The molecule has 0 atom stereocenters. The molecule has 0 amide bonds. The first-order valence-electron chi connectivity index (χ1n) is 8.29. The summed E-state index contributed by atoms with van der Waals surface area (Å²) in [7, 11) is 0. The smallest absolute Gasteiger partial charge is 0.258 e. The molecule has 0 unspecified atom stereocenters. The molecular weight excluding hydrogens is 350 g/mol. The number of H-pyrrole nitrogens is 1. The summed E-state index contributed by atoms with van der Waals surface area (Å²) in [6, 6.07) is 12.9. The van der Waals surface area contributed by atoms with E-state index in [2.05, 4.69) is 19.9 Å². The van der Waals surface area contributed by atoms with Crippen LogP contribution in [-0.2, 0) is 6.54 Å². The first-order valence-corrected chi connectivity index (χ1v) is 8.66. The van der Waals surface area contributed by atoms with Gasteiger partial charge in [0, 0.05) is 17.0 Å². The highest BCUT2D eigenvalue weighted by atomic mass is 35.5. The number of nitrogens with one attached hydrogen (secondary N) is 1. The lowest BCUT2D eigenvalue weighted by Crippen LogP contribution is -2.26. The van der Waals surface area contributed by atoms with E-state index in [0.717, 1.165) is 16.7 Å². The van der Waals surface area contributed by atoms with Gasteiger partial charge in [0.2, 0.25) is 0 Å². The molecule has 0 aliphatic rings. The third kappa shape index (κ3) is 2.99. The van der Waals surface area contributed by atoms with Crippen molar-refractivity contribution in [3.63, 3.8) is 0 Å². The van der Waals surface area contributed by atoms with Gasteiger partial charge >= 0.3 is 0 Å². The number of rotatable bonds is 4. The number of hydrogen-bond acceptors (Lipinski definition) is 5. The average Bonchev–Trinajstić information content (AvgIpc) is 2.65. The third-order valence-electron chi connectivity index (χ3n) is 4.26. The van der Waals surface area contributed by atoms with Gasteiger partial charge in [0.05, 0.1) is 23.0 Å². The Labute approximate surface area is 154 Å². The lowest BCUT2D eigenvalue weighted by atomic mass is 10.2. The van der Waals surface area contributed by atoms with Gasteiger partial charge in [0.1, 0.15) is 18.0 Å².